The number of nitrogens with one attached hydrogen (secondary N) is 1. The first kappa shape index (κ1) is 14.4. The van der Waals surface area contributed by atoms with Crippen LogP contribution in [-0.2, 0) is 4.74 Å². The zero-order chi connectivity index (χ0) is 13.7. The van der Waals surface area contributed by atoms with Crippen LogP contribution < -0.4 is 5.32 Å². The van der Waals surface area contributed by atoms with Gasteiger partial charge < -0.3 is 15.0 Å². The highest BCUT2D eigenvalue weighted by Gasteiger charge is 2.22. The zero-order valence-corrected chi connectivity index (χ0v) is 11.0. The summed E-state index contributed by atoms with van der Waals surface area (Å²) in [5, 5.41) is 2.60. The minimum Gasteiger partial charge on any atom is -0.383 e. The van der Waals surface area contributed by atoms with Gasteiger partial charge in [0, 0.05) is 27.4 Å². The molecule has 0 fully saturated rings. The van der Waals surface area contributed by atoms with Gasteiger partial charge in [-0.1, -0.05) is 0 Å². The van der Waals surface area contributed by atoms with Crippen molar-refractivity contribution in [3.63, 3.8) is 0 Å². The Labute approximate surface area is 106 Å². The molecule has 5 nitrogen and oxygen atoms in total. The molecule has 6 heteroatoms. The van der Waals surface area contributed by atoms with E-state index < -0.39 is 11.7 Å². The van der Waals surface area contributed by atoms with Crippen LogP contribution in [0.4, 0.5) is 10.2 Å². The number of likely N-dealkylation sites (N-methyl/N-ethyl adjacent to an activating group) is 1. The summed E-state index contributed by atoms with van der Waals surface area (Å²) in [5.74, 6) is -0.967. The monoisotopic (exact) mass is 255 g/mol. The van der Waals surface area contributed by atoms with Crippen molar-refractivity contribution >= 4 is 11.7 Å². The maximum absolute atomic E-state index is 13.9. The average molecular weight is 255 g/mol. The number of methoxy groups -OCH3 is 1. The molecule has 1 N–H and O–H groups in total. The number of carbonyl (C=O) groups is 1. The molecule has 1 amide bonds. The quantitative estimate of drug-likeness (QED) is 0.863. The minimum atomic E-state index is -0.638. The van der Waals surface area contributed by atoms with E-state index in [2.05, 4.69) is 10.3 Å². The molecule has 1 aromatic rings. The number of aromatic nitrogens is 1. The predicted octanol–water partition coefficient (Wildman–Crippen LogP) is 1.37. The summed E-state index contributed by atoms with van der Waals surface area (Å²) in [6.07, 6.45) is 1.40. The lowest BCUT2D eigenvalue weighted by molar-refractivity contribution is 0.0629. The molecule has 0 spiro atoms. The van der Waals surface area contributed by atoms with E-state index in [9.17, 15) is 9.18 Å². The van der Waals surface area contributed by atoms with E-state index in [0.717, 1.165) is 0 Å². The van der Waals surface area contributed by atoms with E-state index in [1.54, 1.807) is 21.2 Å². The van der Waals surface area contributed by atoms with Gasteiger partial charge in [-0.05, 0) is 13.0 Å². The fourth-order valence-electron chi connectivity index (χ4n) is 1.53. The highest BCUT2D eigenvalue weighted by Crippen LogP contribution is 2.16. The normalized spacial score (nSPS) is 12.1. The van der Waals surface area contributed by atoms with Crippen molar-refractivity contribution in [2.75, 3.05) is 33.1 Å². The van der Waals surface area contributed by atoms with Crippen molar-refractivity contribution in [3.05, 3.63) is 23.6 Å². The van der Waals surface area contributed by atoms with Crippen molar-refractivity contribution in [1.82, 2.24) is 9.88 Å². The Hall–Kier alpha value is -1.69. The SMILES string of the molecule is CNc1nccc(C(=O)N(C)C(C)COC)c1F. The number of halogens is 1. The molecule has 18 heavy (non-hydrogen) atoms. The molecule has 1 atom stereocenters. The van der Waals surface area contributed by atoms with E-state index in [1.165, 1.54) is 17.2 Å². The number of rotatable bonds is 5. The molecule has 0 saturated carbocycles. The molecule has 0 aliphatic carbocycles. The topological polar surface area (TPSA) is 54.5 Å². The summed E-state index contributed by atoms with van der Waals surface area (Å²) in [5.41, 5.74) is -0.000182. The van der Waals surface area contributed by atoms with E-state index in [4.69, 9.17) is 4.74 Å². The van der Waals surface area contributed by atoms with Crippen LogP contribution in [0.15, 0.2) is 12.3 Å². The number of anilines is 1. The third-order valence-corrected chi connectivity index (χ3v) is 2.75. The van der Waals surface area contributed by atoms with Gasteiger partial charge >= 0.3 is 0 Å². The second-order valence-electron chi connectivity index (χ2n) is 3.99. The van der Waals surface area contributed by atoms with Crippen molar-refractivity contribution in [3.8, 4) is 0 Å². The lowest BCUT2D eigenvalue weighted by Gasteiger charge is -2.24. The third-order valence-electron chi connectivity index (χ3n) is 2.75. The van der Waals surface area contributed by atoms with E-state index in [1.807, 2.05) is 6.92 Å². The van der Waals surface area contributed by atoms with Gasteiger partial charge in [0.1, 0.15) is 0 Å². The van der Waals surface area contributed by atoms with Gasteiger partial charge in [0.25, 0.3) is 5.91 Å². The molecule has 1 rings (SSSR count). The number of carbonyl (C=O) groups excluding carboxylic acids is 1. The Morgan fingerprint density at radius 3 is 2.89 bits per heavy atom. The number of pyridine rings is 1. The molecule has 1 unspecified atom stereocenters. The zero-order valence-electron chi connectivity index (χ0n) is 11.0. The molecular weight excluding hydrogens is 237 g/mol. The molecule has 1 aromatic heterocycles. The summed E-state index contributed by atoms with van der Waals surface area (Å²) < 4.78 is 18.9. The first-order valence-corrected chi connectivity index (χ1v) is 5.61. The van der Waals surface area contributed by atoms with Gasteiger partial charge in [-0.3, -0.25) is 4.79 Å². The van der Waals surface area contributed by atoms with Crippen LogP contribution in [0, 0.1) is 5.82 Å². The third kappa shape index (κ3) is 2.95. The molecule has 0 radical (unpaired) electrons. The van der Waals surface area contributed by atoms with Gasteiger partial charge in [-0.2, -0.15) is 0 Å². The first-order valence-electron chi connectivity index (χ1n) is 5.61. The number of hydrogen-bond donors (Lipinski definition) is 1. The number of hydrogen-bond acceptors (Lipinski definition) is 4. The molecule has 0 aliphatic heterocycles. The Balaban J connectivity index is 2.97. The van der Waals surface area contributed by atoms with Crippen molar-refractivity contribution in [2.24, 2.45) is 0 Å². The largest absolute Gasteiger partial charge is 0.383 e. The fourth-order valence-corrected chi connectivity index (χ4v) is 1.53. The fraction of sp³-hybridized carbons (Fsp3) is 0.500. The standard InChI is InChI=1S/C12H18FN3O2/c1-8(7-18-4)16(3)12(17)9-5-6-15-11(14-2)10(9)13/h5-6,8H,7H2,1-4H3,(H,14,15). The number of ether oxygens (including phenoxy) is 1. The predicted molar refractivity (Wildman–Crippen MR) is 67.2 cm³/mol. The van der Waals surface area contributed by atoms with Crippen molar-refractivity contribution in [1.29, 1.82) is 0 Å². The van der Waals surface area contributed by atoms with Gasteiger partial charge in [0.15, 0.2) is 11.6 Å². The van der Waals surface area contributed by atoms with Crippen molar-refractivity contribution < 1.29 is 13.9 Å². The first-order chi connectivity index (χ1) is 8.52. The summed E-state index contributed by atoms with van der Waals surface area (Å²) in [4.78, 5) is 17.4. The van der Waals surface area contributed by atoms with Gasteiger partial charge in [-0.25, -0.2) is 9.37 Å². The second-order valence-corrected chi connectivity index (χ2v) is 3.99. The Kier molecular flexibility index (Phi) is 5.03. The van der Waals surface area contributed by atoms with Crippen LogP contribution in [0.5, 0.6) is 0 Å². The molecule has 0 saturated heterocycles. The van der Waals surface area contributed by atoms with Crippen LogP contribution in [0.1, 0.15) is 17.3 Å². The van der Waals surface area contributed by atoms with E-state index in [-0.39, 0.29) is 17.4 Å². The van der Waals surface area contributed by atoms with Gasteiger partial charge in [-0.15, -0.1) is 0 Å². The lowest BCUT2D eigenvalue weighted by Crippen LogP contribution is -2.38. The van der Waals surface area contributed by atoms with Crippen LogP contribution in [0.2, 0.25) is 0 Å². The molecule has 0 aliphatic rings. The molecule has 0 bridgehead atoms. The highest BCUT2D eigenvalue weighted by atomic mass is 19.1. The summed E-state index contributed by atoms with van der Waals surface area (Å²) in [6, 6.07) is 1.24. The van der Waals surface area contributed by atoms with Gasteiger partial charge in [0.05, 0.1) is 18.2 Å². The summed E-state index contributed by atoms with van der Waals surface area (Å²) in [6.45, 7) is 2.23. The minimum absolute atomic E-state index is 0.000182. The maximum Gasteiger partial charge on any atom is 0.257 e. The van der Waals surface area contributed by atoms with Crippen molar-refractivity contribution in [2.45, 2.75) is 13.0 Å². The number of amides is 1. The average Bonchev–Trinajstić information content (AvgIpc) is 2.37. The summed E-state index contributed by atoms with van der Waals surface area (Å²) in [7, 11) is 4.73. The highest BCUT2D eigenvalue weighted by molar-refractivity contribution is 5.95. The van der Waals surface area contributed by atoms with Gasteiger partial charge in [0.2, 0.25) is 0 Å². The van der Waals surface area contributed by atoms with E-state index >= 15 is 0 Å². The maximum atomic E-state index is 13.9. The van der Waals surface area contributed by atoms with Crippen LogP contribution in [0.25, 0.3) is 0 Å². The molecule has 100 valence electrons. The second kappa shape index (κ2) is 6.30. The smallest absolute Gasteiger partial charge is 0.257 e. The Bertz CT molecular complexity index is 426. The molecule has 0 aromatic carbocycles. The Morgan fingerprint density at radius 2 is 2.33 bits per heavy atom. The van der Waals surface area contributed by atoms with E-state index in [0.29, 0.717) is 6.61 Å². The molecular formula is C12H18FN3O2. The Morgan fingerprint density at radius 1 is 1.67 bits per heavy atom. The van der Waals surface area contributed by atoms with Crippen LogP contribution >= 0.6 is 0 Å². The summed E-state index contributed by atoms with van der Waals surface area (Å²) >= 11 is 0. The molecule has 1 heterocycles. The number of nitrogens with zero attached hydrogens (tertiary/aromatic N) is 2. The van der Waals surface area contributed by atoms with Crippen LogP contribution in [0.3, 0.4) is 0 Å². The lowest BCUT2D eigenvalue weighted by atomic mass is 10.2. The van der Waals surface area contributed by atoms with Crippen LogP contribution in [-0.4, -0.2) is 49.6 Å².